The van der Waals surface area contributed by atoms with Crippen molar-refractivity contribution >= 4 is 57.3 Å². The number of esters is 1. The van der Waals surface area contributed by atoms with Gasteiger partial charge in [0.15, 0.2) is 0 Å². The van der Waals surface area contributed by atoms with E-state index in [9.17, 15) is 19.6 Å². The van der Waals surface area contributed by atoms with Crippen molar-refractivity contribution in [3.8, 4) is 6.07 Å². The fourth-order valence-corrected chi connectivity index (χ4v) is 5.51. The van der Waals surface area contributed by atoms with Gasteiger partial charge < -0.3 is 20.7 Å². The van der Waals surface area contributed by atoms with Crippen LogP contribution < -0.4 is 16.0 Å². The Hall–Kier alpha value is -4.07. The van der Waals surface area contributed by atoms with Crippen molar-refractivity contribution in [2.24, 2.45) is 0 Å². The summed E-state index contributed by atoms with van der Waals surface area (Å²) in [6.07, 6.45) is 1.71. The van der Waals surface area contributed by atoms with Crippen LogP contribution in [0.2, 0.25) is 0 Å². The quantitative estimate of drug-likeness (QED) is 0.153. The average Bonchev–Trinajstić information content (AvgIpc) is 3.23. The van der Waals surface area contributed by atoms with Crippen molar-refractivity contribution in [1.82, 2.24) is 0 Å². The van der Waals surface area contributed by atoms with Crippen molar-refractivity contribution in [2.45, 2.75) is 34.6 Å². The maximum absolute atomic E-state index is 13.4. The number of nitriles is 1. The van der Waals surface area contributed by atoms with E-state index in [-0.39, 0.29) is 28.7 Å². The third-order valence-electron chi connectivity index (χ3n) is 5.86. The smallest absolute Gasteiger partial charge is 0.341 e. The molecule has 0 aliphatic carbocycles. The fourth-order valence-electron chi connectivity index (χ4n) is 3.80. The average molecular weight is 563 g/mol. The van der Waals surface area contributed by atoms with Gasteiger partial charge in [0, 0.05) is 11.4 Å². The Morgan fingerprint density at radius 2 is 1.62 bits per heavy atom. The molecule has 10 heteroatoms. The second kappa shape index (κ2) is 13.1. The monoisotopic (exact) mass is 562 g/mol. The highest BCUT2D eigenvalue weighted by molar-refractivity contribution is 8.02. The van der Waals surface area contributed by atoms with E-state index in [1.807, 2.05) is 57.2 Å². The lowest BCUT2D eigenvalue weighted by molar-refractivity contribution is -0.112. The van der Waals surface area contributed by atoms with E-state index in [0.29, 0.717) is 26.8 Å². The van der Waals surface area contributed by atoms with Crippen molar-refractivity contribution < 1.29 is 19.1 Å². The molecule has 3 N–H and O–H groups in total. The van der Waals surface area contributed by atoms with Gasteiger partial charge in [-0.25, -0.2) is 4.79 Å². The molecule has 0 aliphatic heterocycles. The molecule has 8 nitrogen and oxygen atoms in total. The number of thioether (sulfide) groups is 1. The first-order valence-electron chi connectivity index (χ1n) is 12.1. The summed E-state index contributed by atoms with van der Waals surface area (Å²) >= 11 is 2.20. The third-order valence-corrected chi connectivity index (χ3v) is 7.78. The standard InChI is InChI=1S/C29H30N4O4S2/c1-7-37-29(36)22-19(5)24(26(35)32-23-17(3)9-8-10-18(23)4)39-28(22)33-27(38-6)21(15-30)25(34)31-20-13-11-16(2)12-14-20/h8-14,33H,7H2,1-6H3,(H,31,34)(H,32,35)/b27-21+. The fraction of sp³-hybridized carbons (Fsp3) is 0.241. The molecular formula is C29H30N4O4S2. The van der Waals surface area contributed by atoms with Gasteiger partial charge in [0.1, 0.15) is 16.6 Å². The Kier molecular flexibility index (Phi) is 9.93. The number of anilines is 3. The molecule has 0 fully saturated rings. The second-order valence-electron chi connectivity index (χ2n) is 8.67. The van der Waals surface area contributed by atoms with Crippen molar-refractivity contribution in [3.63, 3.8) is 0 Å². The summed E-state index contributed by atoms with van der Waals surface area (Å²) in [5.74, 6) is -1.58. The number of nitrogens with zero attached hydrogens (tertiary/aromatic N) is 1. The van der Waals surface area contributed by atoms with E-state index >= 15 is 0 Å². The maximum atomic E-state index is 13.4. The molecule has 0 atom stereocenters. The molecule has 1 aromatic heterocycles. The molecule has 3 rings (SSSR count). The number of benzene rings is 2. The van der Waals surface area contributed by atoms with Crippen LogP contribution in [0.25, 0.3) is 0 Å². The van der Waals surface area contributed by atoms with Gasteiger partial charge in [-0.1, -0.05) is 35.9 Å². The van der Waals surface area contributed by atoms with Crippen molar-refractivity contribution in [3.05, 3.63) is 85.8 Å². The molecule has 39 heavy (non-hydrogen) atoms. The van der Waals surface area contributed by atoms with E-state index in [1.54, 1.807) is 32.2 Å². The number of thiophene rings is 1. The van der Waals surface area contributed by atoms with Gasteiger partial charge in [0.25, 0.3) is 11.8 Å². The Morgan fingerprint density at radius 1 is 0.974 bits per heavy atom. The van der Waals surface area contributed by atoms with E-state index in [0.717, 1.165) is 39.8 Å². The highest BCUT2D eigenvalue weighted by Crippen LogP contribution is 2.37. The molecule has 1 heterocycles. The molecular weight excluding hydrogens is 532 g/mol. The summed E-state index contributed by atoms with van der Waals surface area (Å²) in [6.45, 7) is 9.25. The minimum absolute atomic E-state index is 0.144. The van der Waals surface area contributed by atoms with Gasteiger partial charge >= 0.3 is 5.97 Å². The first-order chi connectivity index (χ1) is 18.6. The van der Waals surface area contributed by atoms with E-state index in [1.165, 1.54) is 0 Å². The number of aryl methyl sites for hydroxylation is 3. The zero-order chi connectivity index (χ0) is 28.7. The number of nitrogens with one attached hydrogen (secondary N) is 3. The highest BCUT2D eigenvalue weighted by Gasteiger charge is 2.28. The number of carbonyl (C=O) groups is 3. The topological polar surface area (TPSA) is 120 Å². The largest absolute Gasteiger partial charge is 0.462 e. The molecule has 2 amide bonds. The number of ether oxygens (including phenoxy) is 1. The van der Waals surface area contributed by atoms with Crippen LogP contribution in [0.1, 0.15) is 49.2 Å². The SMILES string of the molecule is CCOC(=O)c1c(N/C(SC)=C(/C#N)C(=O)Nc2ccc(C)cc2)sc(C(=O)Nc2c(C)cccc2C)c1C. The summed E-state index contributed by atoms with van der Waals surface area (Å²) in [6, 6.07) is 14.9. The van der Waals surface area contributed by atoms with Crippen LogP contribution >= 0.6 is 23.1 Å². The summed E-state index contributed by atoms with van der Waals surface area (Å²) in [5.41, 5.74) is 4.55. The van der Waals surface area contributed by atoms with E-state index < -0.39 is 11.9 Å². The number of hydrogen-bond acceptors (Lipinski definition) is 8. The second-order valence-corrected chi connectivity index (χ2v) is 10.5. The lowest BCUT2D eigenvalue weighted by atomic mass is 10.1. The Morgan fingerprint density at radius 3 is 2.18 bits per heavy atom. The molecule has 0 spiro atoms. The predicted octanol–water partition coefficient (Wildman–Crippen LogP) is 6.56. The molecule has 0 aliphatic rings. The van der Waals surface area contributed by atoms with Crippen LogP contribution in [0.4, 0.5) is 16.4 Å². The van der Waals surface area contributed by atoms with Crippen LogP contribution in [0.15, 0.2) is 53.1 Å². The zero-order valence-corrected chi connectivity index (χ0v) is 24.3. The van der Waals surface area contributed by atoms with Gasteiger partial charge in [-0.05, 0) is 69.7 Å². The number of hydrogen-bond donors (Lipinski definition) is 3. The molecule has 0 radical (unpaired) electrons. The molecule has 2 aromatic carbocycles. The molecule has 3 aromatic rings. The number of amides is 2. The van der Waals surface area contributed by atoms with Gasteiger partial charge in [-0.3, -0.25) is 9.59 Å². The van der Waals surface area contributed by atoms with Crippen LogP contribution in [0, 0.1) is 39.0 Å². The Labute approximate surface area is 236 Å². The summed E-state index contributed by atoms with van der Waals surface area (Å²) in [4.78, 5) is 39.6. The van der Waals surface area contributed by atoms with Crippen molar-refractivity contribution in [2.75, 3.05) is 28.8 Å². The lowest BCUT2D eigenvalue weighted by Crippen LogP contribution is -2.17. The first-order valence-corrected chi connectivity index (χ1v) is 14.2. The predicted molar refractivity (Wildman–Crippen MR) is 158 cm³/mol. The molecule has 0 bridgehead atoms. The summed E-state index contributed by atoms with van der Waals surface area (Å²) < 4.78 is 5.27. The van der Waals surface area contributed by atoms with Crippen LogP contribution in [-0.2, 0) is 9.53 Å². The Bertz CT molecular complexity index is 1460. The highest BCUT2D eigenvalue weighted by atomic mass is 32.2. The number of para-hydroxylation sites is 1. The van der Waals surface area contributed by atoms with Crippen LogP contribution in [0.5, 0.6) is 0 Å². The molecule has 202 valence electrons. The van der Waals surface area contributed by atoms with Gasteiger partial charge in [0.2, 0.25) is 0 Å². The van der Waals surface area contributed by atoms with Gasteiger partial charge in [-0.15, -0.1) is 23.1 Å². The zero-order valence-electron chi connectivity index (χ0n) is 22.6. The molecule has 0 saturated carbocycles. The normalized spacial score (nSPS) is 11.2. The number of rotatable bonds is 9. The van der Waals surface area contributed by atoms with Crippen LogP contribution in [-0.4, -0.2) is 30.6 Å². The molecule has 0 saturated heterocycles. The maximum Gasteiger partial charge on any atom is 0.341 e. The summed E-state index contributed by atoms with van der Waals surface area (Å²) in [5, 5.41) is 19.1. The number of carbonyl (C=O) groups excluding carboxylic acids is 3. The minimum Gasteiger partial charge on any atom is -0.462 e. The molecule has 0 unspecified atom stereocenters. The third kappa shape index (κ3) is 6.88. The van der Waals surface area contributed by atoms with E-state index in [4.69, 9.17) is 4.74 Å². The van der Waals surface area contributed by atoms with Gasteiger partial charge in [-0.2, -0.15) is 5.26 Å². The van der Waals surface area contributed by atoms with Crippen molar-refractivity contribution in [1.29, 1.82) is 5.26 Å². The lowest BCUT2D eigenvalue weighted by Gasteiger charge is -2.12. The summed E-state index contributed by atoms with van der Waals surface area (Å²) in [7, 11) is 0. The minimum atomic E-state index is -0.608. The Balaban J connectivity index is 2.01. The van der Waals surface area contributed by atoms with Gasteiger partial charge in [0.05, 0.1) is 22.1 Å². The van der Waals surface area contributed by atoms with E-state index in [2.05, 4.69) is 16.0 Å². The van der Waals surface area contributed by atoms with Crippen LogP contribution in [0.3, 0.4) is 0 Å². The first kappa shape index (κ1) is 29.5.